The SMILES string of the molecule is Cc1ccc(C(=O)NC(C(=O)NCc2ccco2)C2CCN(C(=O)c3ccc(F)cc3)CC2)cc1. The van der Waals surface area contributed by atoms with E-state index in [-0.39, 0.29) is 30.2 Å². The van der Waals surface area contributed by atoms with E-state index in [1.165, 1.54) is 30.5 Å². The van der Waals surface area contributed by atoms with Gasteiger partial charge in [0.2, 0.25) is 5.91 Å². The van der Waals surface area contributed by atoms with Gasteiger partial charge >= 0.3 is 0 Å². The third kappa shape index (κ3) is 6.15. The van der Waals surface area contributed by atoms with Crippen molar-refractivity contribution in [2.24, 2.45) is 5.92 Å². The number of hydrogen-bond acceptors (Lipinski definition) is 4. The van der Waals surface area contributed by atoms with Gasteiger partial charge in [0, 0.05) is 24.2 Å². The highest BCUT2D eigenvalue weighted by Gasteiger charge is 2.34. The normalized spacial score (nSPS) is 14.9. The fourth-order valence-electron chi connectivity index (χ4n) is 4.24. The van der Waals surface area contributed by atoms with Crippen LogP contribution in [-0.2, 0) is 11.3 Å². The minimum atomic E-state index is -0.762. The molecule has 0 radical (unpaired) electrons. The molecule has 182 valence electrons. The van der Waals surface area contributed by atoms with Crippen LogP contribution < -0.4 is 10.6 Å². The highest BCUT2D eigenvalue weighted by atomic mass is 19.1. The Balaban J connectivity index is 1.43. The number of carbonyl (C=O) groups excluding carboxylic acids is 3. The van der Waals surface area contributed by atoms with Crippen molar-refractivity contribution >= 4 is 17.7 Å². The third-order valence-corrected chi connectivity index (χ3v) is 6.29. The van der Waals surface area contributed by atoms with Gasteiger partial charge in [-0.15, -0.1) is 0 Å². The molecule has 3 amide bonds. The van der Waals surface area contributed by atoms with E-state index < -0.39 is 11.9 Å². The summed E-state index contributed by atoms with van der Waals surface area (Å²) in [4.78, 5) is 40.6. The molecule has 0 saturated carbocycles. The second-order valence-electron chi connectivity index (χ2n) is 8.75. The number of hydrogen-bond donors (Lipinski definition) is 2. The Morgan fingerprint density at radius 2 is 1.66 bits per heavy atom. The molecule has 1 aliphatic heterocycles. The van der Waals surface area contributed by atoms with Gasteiger partial charge in [0.1, 0.15) is 17.6 Å². The molecular formula is C27H28FN3O4. The fourth-order valence-corrected chi connectivity index (χ4v) is 4.24. The first-order chi connectivity index (χ1) is 16.9. The van der Waals surface area contributed by atoms with Gasteiger partial charge in [-0.3, -0.25) is 14.4 Å². The lowest BCUT2D eigenvalue weighted by Gasteiger charge is -2.35. The minimum absolute atomic E-state index is 0.154. The van der Waals surface area contributed by atoms with Crippen molar-refractivity contribution in [1.29, 1.82) is 0 Å². The van der Waals surface area contributed by atoms with E-state index in [9.17, 15) is 18.8 Å². The largest absolute Gasteiger partial charge is 0.467 e. The van der Waals surface area contributed by atoms with Crippen LogP contribution >= 0.6 is 0 Å². The van der Waals surface area contributed by atoms with Crippen molar-refractivity contribution < 1.29 is 23.2 Å². The molecule has 4 rings (SSSR count). The standard InChI is InChI=1S/C27H28FN3O4/c1-18-4-6-20(7-5-18)25(32)30-24(26(33)29-17-23-3-2-16-35-23)19-12-14-31(15-13-19)27(34)21-8-10-22(28)11-9-21/h2-11,16,19,24H,12-15,17H2,1H3,(H,29,33)(H,30,32). The summed E-state index contributed by atoms with van der Waals surface area (Å²) in [6.45, 7) is 3.02. The van der Waals surface area contributed by atoms with Gasteiger partial charge in [-0.2, -0.15) is 0 Å². The second-order valence-corrected chi connectivity index (χ2v) is 8.75. The number of amides is 3. The maximum absolute atomic E-state index is 13.2. The van der Waals surface area contributed by atoms with Gasteiger partial charge in [0.15, 0.2) is 0 Å². The van der Waals surface area contributed by atoms with Gasteiger partial charge < -0.3 is 20.0 Å². The predicted molar refractivity (Wildman–Crippen MR) is 128 cm³/mol. The van der Waals surface area contributed by atoms with Crippen LogP contribution in [-0.4, -0.2) is 41.8 Å². The Bertz CT molecular complexity index is 1150. The number of piperidine rings is 1. The molecule has 2 N–H and O–H groups in total. The van der Waals surface area contributed by atoms with Gasteiger partial charge in [0.05, 0.1) is 12.8 Å². The molecule has 1 aliphatic rings. The summed E-state index contributed by atoms with van der Waals surface area (Å²) in [5.74, 6) is -0.739. The molecule has 7 nitrogen and oxygen atoms in total. The van der Waals surface area contributed by atoms with E-state index in [1.54, 1.807) is 29.2 Å². The molecule has 1 unspecified atom stereocenters. The number of carbonyl (C=O) groups is 3. The van der Waals surface area contributed by atoms with Crippen LogP contribution in [0.3, 0.4) is 0 Å². The monoisotopic (exact) mass is 477 g/mol. The molecule has 1 fully saturated rings. The molecular weight excluding hydrogens is 449 g/mol. The quantitative estimate of drug-likeness (QED) is 0.543. The molecule has 2 aromatic carbocycles. The maximum Gasteiger partial charge on any atom is 0.253 e. The first kappa shape index (κ1) is 24.2. The van der Waals surface area contributed by atoms with Crippen molar-refractivity contribution in [3.8, 4) is 0 Å². The van der Waals surface area contributed by atoms with E-state index in [2.05, 4.69) is 10.6 Å². The number of halogens is 1. The summed E-state index contributed by atoms with van der Waals surface area (Å²) in [5, 5.41) is 5.76. The lowest BCUT2D eigenvalue weighted by Crippen LogP contribution is -2.53. The van der Waals surface area contributed by atoms with E-state index in [4.69, 9.17) is 4.42 Å². The molecule has 0 aliphatic carbocycles. The molecule has 0 bridgehead atoms. The third-order valence-electron chi connectivity index (χ3n) is 6.29. The van der Waals surface area contributed by atoms with Crippen molar-refractivity contribution in [3.05, 3.63) is 95.2 Å². The van der Waals surface area contributed by atoms with E-state index in [1.807, 2.05) is 19.1 Å². The van der Waals surface area contributed by atoms with Crippen molar-refractivity contribution in [2.45, 2.75) is 32.4 Å². The fraction of sp³-hybridized carbons (Fsp3) is 0.296. The first-order valence-electron chi connectivity index (χ1n) is 11.6. The van der Waals surface area contributed by atoms with Crippen LogP contribution in [0.1, 0.15) is 44.9 Å². The molecule has 3 aromatic rings. The summed E-state index contributed by atoms with van der Waals surface area (Å²) in [7, 11) is 0. The Kier molecular flexibility index (Phi) is 7.60. The van der Waals surface area contributed by atoms with E-state index in [0.717, 1.165) is 5.56 Å². The number of benzene rings is 2. The topological polar surface area (TPSA) is 91.7 Å². The Morgan fingerprint density at radius 1 is 1.00 bits per heavy atom. The predicted octanol–water partition coefficient (Wildman–Crippen LogP) is 3.69. The molecule has 8 heteroatoms. The first-order valence-corrected chi connectivity index (χ1v) is 11.6. The zero-order valence-electron chi connectivity index (χ0n) is 19.5. The summed E-state index contributed by atoms with van der Waals surface area (Å²) in [5.41, 5.74) is 1.93. The number of aryl methyl sites for hydroxylation is 1. The zero-order valence-corrected chi connectivity index (χ0v) is 19.5. The minimum Gasteiger partial charge on any atom is -0.467 e. The van der Waals surface area contributed by atoms with Crippen molar-refractivity contribution in [3.63, 3.8) is 0 Å². The maximum atomic E-state index is 13.2. The number of likely N-dealkylation sites (tertiary alicyclic amines) is 1. The molecule has 0 spiro atoms. The Hall–Kier alpha value is -3.94. The summed E-state index contributed by atoms with van der Waals surface area (Å²) in [6.07, 6.45) is 2.62. The lowest BCUT2D eigenvalue weighted by atomic mass is 9.88. The van der Waals surface area contributed by atoms with Gasteiger partial charge in [-0.05, 0) is 74.2 Å². The number of rotatable bonds is 7. The molecule has 2 heterocycles. The average molecular weight is 478 g/mol. The van der Waals surface area contributed by atoms with E-state index >= 15 is 0 Å². The van der Waals surface area contributed by atoms with Gasteiger partial charge in [-0.25, -0.2) is 4.39 Å². The molecule has 35 heavy (non-hydrogen) atoms. The number of nitrogens with one attached hydrogen (secondary N) is 2. The molecule has 1 aromatic heterocycles. The summed E-state index contributed by atoms with van der Waals surface area (Å²) < 4.78 is 18.5. The summed E-state index contributed by atoms with van der Waals surface area (Å²) >= 11 is 0. The number of furan rings is 1. The highest BCUT2D eigenvalue weighted by molar-refractivity contribution is 5.97. The van der Waals surface area contributed by atoms with Crippen molar-refractivity contribution in [2.75, 3.05) is 13.1 Å². The second kappa shape index (κ2) is 11.0. The van der Waals surface area contributed by atoms with Crippen LogP contribution in [0.25, 0.3) is 0 Å². The Labute approximate surface area is 203 Å². The van der Waals surface area contributed by atoms with Gasteiger partial charge in [0.25, 0.3) is 11.8 Å². The van der Waals surface area contributed by atoms with Crippen LogP contribution in [0.5, 0.6) is 0 Å². The molecule has 1 atom stereocenters. The average Bonchev–Trinajstić information content (AvgIpc) is 3.40. The van der Waals surface area contributed by atoms with Gasteiger partial charge in [-0.1, -0.05) is 17.7 Å². The van der Waals surface area contributed by atoms with Crippen LogP contribution in [0.15, 0.2) is 71.3 Å². The van der Waals surface area contributed by atoms with Crippen molar-refractivity contribution in [1.82, 2.24) is 15.5 Å². The summed E-state index contributed by atoms with van der Waals surface area (Å²) in [6, 6.07) is 15.4. The van der Waals surface area contributed by atoms with Crippen LogP contribution in [0.4, 0.5) is 4.39 Å². The van der Waals surface area contributed by atoms with E-state index in [0.29, 0.717) is 42.8 Å². The Morgan fingerprint density at radius 3 is 2.29 bits per heavy atom. The van der Waals surface area contributed by atoms with Crippen LogP contribution in [0.2, 0.25) is 0 Å². The smallest absolute Gasteiger partial charge is 0.253 e. The molecule has 1 saturated heterocycles. The lowest BCUT2D eigenvalue weighted by molar-refractivity contribution is -0.124. The highest BCUT2D eigenvalue weighted by Crippen LogP contribution is 2.23. The van der Waals surface area contributed by atoms with Crippen LogP contribution in [0, 0.1) is 18.7 Å². The zero-order chi connectivity index (χ0) is 24.8. The number of nitrogens with zero attached hydrogens (tertiary/aromatic N) is 1.